The fraction of sp³-hybridized carbons (Fsp3) is 0.833. The van der Waals surface area contributed by atoms with Crippen LogP contribution in [0.25, 0.3) is 0 Å². The molecular formula is C12H24N4. The molecule has 4 nitrogen and oxygen atoms in total. The Labute approximate surface area is 99.1 Å². The van der Waals surface area contributed by atoms with Crippen LogP contribution in [0.2, 0.25) is 0 Å². The summed E-state index contributed by atoms with van der Waals surface area (Å²) in [4.78, 5) is 13.2. The Morgan fingerprint density at radius 1 is 0.812 bits per heavy atom. The van der Waals surface area contributed by atoms with Gasteiger partial charge in [-0.2, -0.15) is 0 Å². The molecule has 16 heavy (non-hydrogen) atoms. The van der Waals surface area contributed by atoms with E-state index < -0.39 is 0 Å². The summed E-state index contributed by atoms with van der Waals surface area (Å²) in [6.45, 7) is 0. The van der Waals surface area contributed by atoms with Crippen LogP contribution in [0.4, 0.5) is 0 Å². The van der Waals surface area contributed by atoms with Crippen molar-refractivity contribution in [1.82, 2.24) is 9.80 Å². The lowest BCUT2D eigenvalue weighted by molar-refractivity contribution is 0.384. The van der Waals surface area contributed by atoms with Crippen LogP contribution in [-0.2, 0) is 0 Å². The van der Waals surface area contributed by atoms with Gasteiger partial charge in [0.05, 0.1) is 24.8 Å². The molecule has 1 aliphatic carbocycles. The lowest BCUT2D eigenvalue weighted by atomic mass is 9.91. The molecule has 0 spiro atoms. The number of rotatable bonds is 4. The van der Waals surface area contributed by atoms with Crippen LogP contribution < -0.4 is 0 Å². The van der Waals surface area contributed by atoms with Crippen molar-refractivity contribution in [3.63, 3.8) is 0 Å². The minimum atomic E-state index is 0.368. The van der Waals surface area contributed by atoms with Crippen molar-refractivity contribution in [3.05, 3.63) is 0 Å². The third-order valence-electron chi connectivity index (χ3n) is 2.67. The second-order valence-corrected chi connectivity index (χ2v) is 4.88. The third kappa shape index (κ3) is 4.64. The highest BCUT2D eigenvalue weighted by atomic mass is 15.1. The first-order chi connectivity index (χ1) is 7.59. The van der Waals surface area contributed by atoms with Gasteiger partial charge in [0.25, 0.3) is 0 Å². The summed E-state index contributed by atoms with van der Waals surface area (Å²) < 4.78 is 0. The number of nitrogens with zero attached hydrogens (tertiary/aromatic N) is 4. The zero-order valence-corrected chi connectivity index (χ0v) is 10.9. The molecule has 2 atom stereocenters. The van der Waals surface area contributed by atoms with Gasteiger partial charge in [-0.1, -0.05) is 12.8 Å². The van der Waals surface area contributed by atoms with Gasteiger partial charge in [-0.25, -0.2) is 0 Å². The summed E-state index contributed by atoms with van der Waals surface area (Å²) in [5.74, 6) is 0. The van der Waals surface area contributed by atoms with Gasteiger partial charge in [0, 0.05) is 28.2 Å². The Bertz CT molecular complexity index is 219. The topological polar surface area (TPSA) is 31.2 Å². The molecule has 4 heteroatoms. The minimum absolute atomic E-state index is 0.368. The van der Waals surface area contributed by atoms with E-state index in [1.807, 2.05) is 50.7 Å². The minimum Gasteiger partial charge on any atom is -0.369 e. The average Bonchev–Trinajstić information content (AvgIpc) is 2.24. The van der Waals surface area contributed by atoms with Crippen LogP contribution in [0.15, 0.2) is 9.98 Å². The van der Waals surface area contributed by atoms with E-state index in [9.17, 15) is 0 Å². The molecule has 0 bridgehead atoms. The van der Waals surface area contributed by atoms with Crippen molar-refractivity contribution in [1.29, 1.82) is 0 Å². The van der Waals surface area contributed by atoms with E-state index in [0.717, 1.165) is 0 Å². The maximum absolute atomic E-state index is 4.61. The van der Waals surface area contributed by atoms with Crippen LogP contribution >= 0.6 is 0 Å². The Hall–Kier alpha value is -1.06. The summed E-state index contributed by atoms with van der Waals surface area (Å²) in [5.41, 5.74) is 0. The molecule has 0 unspecified atom stereocenters. The van der Waals surface area contributed by atoms with Crippen molar-refractivity contribution in [2.45, 2.75) is 37.8 Å². The van der Waals surface area contributed by atoms with Crippen molar-refractivity contribution >= 4 is 12.7 Å². The quantitative estimate of drug-likeness (QED) is 0.535. The Morgan fingerprint density at radius 2 is 1.19 bits per heavy atom. The van der Waals surface area contributed by atoms with Crippen LogP contribution in [0.3, 0.4) is 0 Å². The summed E-state index contributed by atoms with van der Waals surface area (Å²) in [7, 11) is 8.02. The third-order valence-corrected chi connectivity index (χ3v) is 2.67. The summed E-state index contributed by atoms with van der Waals surface area (Å²) in [6, 6.07) is 0.736. The van der Waals surface area contributed by atoms with Gasteiger partial charge >= 0.3 is 0 Å². The molecule has 0 aromatic carbocycles. The lowest BCUT2D eigenvalue weighted by Gasteiger charge is -2.26. The number of aliphatic imine (C=N–C) groups is 2. The smallest absolute Gasteiger partial charge is 0.0849 e. The monoisotopic (exact) mass is 224 g/mol. The molecule has 1 saturated carbocycles. The first kappa shape index (κ1) is 13.0. The van der Waals surface area contributed by atoms with E-state index in [4.69, 9.17) is 0 Å². The normalized spacial score (nSPS) is 26.5. The second kappa shape index (κ2) is 6.51. The van der Waals surface area contributed by atoms with Crippen LogP contribution in [0.1, 0.15) is 25.7 Å². The van der Waals surface area contributed by atoms with E-state index in [1.165, 1.54) is 25.7 Å². The maximum Gasteiger partial charge on any atom is 0.0849 e. The first-order valence-electron chi connectivity index (χ1n) is 5.99. The van der Waals surface area contributed by atoms with Crippen molar-refractivity contribution in [2.75, 3.05) is 28.2 Å². The molecule has 0 heterocycles. The zero-order valence-electron chi connectivity index (χ0n) is 10.9. The van der Waals surface area contributed by atoms with Crippen LogP contribution in [-0.4, -0.2) is 62.8 Å². The van der Waals surface area contributed by atoms with E-state index >= 15 is 0 Å². The van der Waals surface area contributed by atoms with Gasteiger partial charge in [-0.3, -0.25) is 9.98 Å². The van der Waals surface area contributed by atoms with Gasteiger partial charge in [-0.15, -0.1) is 0 Å². The molecule has 0 aromatic heterocycles. The number of hydrogen-bond acceptors (Lipinski definition) is 2. The predicted molar refractivity (Wildman–Crippen MR) is 70.4 cm³/mol. The fourth-order valence-corrected chi connectivity index (χ4v) is 1.88. The molecule has 0 N–H and O–H groups in total. The van der Waals surface area contributed by atoms with E-state index in [2.05, 4.69) is 9.98 Å². The highest BCUT2D eigenvalue weighted by molar-refractivity contribution is 5.55. The molecular weight excluding hydrogens is 200 g/mol. The zero-order chi connectivity index (χ0) is 12.0. The second-order valence-electron chi connectivity index (χ2n) is 4.88. The molecule has 0 amide bonds. The Morgan fingerprint density at radius 3 is 1.50 bits per heavy atom. The Kier molecular flexibility index (Phi) is 5.29. The summed E-state index contributed by atoms with van der Waals surface area (Å²) in [6.07, 6.45) is 8.72. The molecule has 0 saturated heterocycles. The average molecular weight is 224 g/mol. The van der Waals surface area contributed by atoms with Crippen molar-refractivity contribution in [2.24, 2.45) is 9.98 Å². The van der Waals surface area contributed by atoms with E-state index in [0.29, 0.717) is 12.1 Å². The first-order valence-corrected chi connectivity index (χ1v) is 5.99. The van der Waals surface area contributed by atoms with Gasteiger partial charge in [0.1, 0.15) is 0 Å². The standard InChI is InChI=1S/C12H24N4/c1-15(2)9-13-11-7-5-6-8-12(11)14-10-16(3)4/h9-12H,5-8H2,1-4H3/t11-,12-/m1/s1. The molecule has 1 fully saturated rings. The van der Waals surface area contributed by atoms with Crippen molar-refractivity contribution in [3.8, 4) is 0 Å². The van der Waals surface area contributed by atoms with Crippen molar-refractivity contribution < 1.29 is 0 Å². The summed E-state index contributed by atoms with van der Waals surface area (Å²) in [5, 5.41) is 0. The molecule has 0 radical (unpaired) electrons. The summed E-state index contributed by atoms with van der Waals surface area (Å²) >= 11 is 0. The highest BCUT2D eigenvalue weighted by Crippen LogP contribution is 2.23. The van der Waals surface area contributed by atoms with Gasteiger partial charge in [0.15, 0.2) is 0 Å². The molecule has 1 aliphatic rings. The number of hydrogen-bond donors (Lipinski definition) is 0. The molecule has 0 aliphatic heterocycles. The largest absolute Gasteiger partial charge is 0.369 e. The van der Waals surface area contributed by atoms with Gasteiger partial charge in [-0.05, 0) is 12.8 Å². The van der Waals surface area contributed by atoms with Gasteiger partial charge < -0.3 is 9.80 Å². The van der Waals surface area contributed by atoms with E-state index in [-0.39, 0.29) is 0 Å². The van der Waals surface area contributed by atoms with Gasteiger partial charge in [0.2, 0.25) is 0 Å². The predicted octanol–water partition coefficient (Wildman–Crippen LogP) is 1.48. The van der Waals surface area contributed by atoms with E-state index in [1.54, 1.807) is 0 Å². The lowest BCUT2D eigenvalue weighted by Crippen LogP contribution is -2.29. The van der Waals surface area contributed by atoms with Crippen LogP contribution in [0, 0.1) is 0 Å². The maximum atomic E-state index is 4.61. The highest BCUT2D eigenvalue weighted by Gasteiger charge is 2.23. The molecule has 92 valence electrons. The molecule has 0 aromatic rings. The Balaban J connectivity index is 2.56. The SMILES string of the molecule is CN(C)C=N[C@@H]1CCCC[C@H]1N=CN(C)C. The molecule has 1 rings (SSSR count). The van der Waals surface area contributed by atoms with Crippen LogP contribution in [0.5, 0.6) is 0 Å². The fourth-order valence-electron chi connectivity index (χ4n) is 1.88.